The minimum atomic E-state index is -1.82. The lowest BCUT2D eigenvalue weighted by Gasteiger charge is -2.06. The standard InChI is InChI=1S/C14H11BrN2O2S2/c15-11-6-20-13-10(5-17-14(16)12(11)13)9-3-1-8(2-4-9)7-21(18)19/h1-6H,7H2,(H2,16,17)(H,18,19). The van der Waals surface area contributed by atoms with Crippen LogP contribution < -0.4 is 5.73 Å². The van der Waals surface area contributed by atoms with Crippen LogP contribution in [-0.4, -0.2) is 13.7 Å². The van der Waals surface area contributed by atoms with Gasteiger partial charge in [-0.1, -0.05) is 24.3 Å². The van der Waals surface area contributed by atoms with Gasteiger partial charge in [0.15, 0.2) is 11.1 Å². The predicted octanol–water partition coefficient (Wildman–Crippen LogP) is 4.03. The third-order valence-corrected chi connectivity index (χ3v) is 5.66. The molecule has 1 atom stereocenters. The molecule has 0 amide bonds. The van der Waals surface area contributed by atoms with Gasteiger partial charge in [0.05, 0.1) is 5.75 Å². The Balaban J connectivity index is 2.08. The molecule has 0 bridgehead atoms. The number of hydrogen-bond donors (Lipinski definition) is 2. The molecule has 0 saturated carbocycles. The molecule has 0 aliphatic rings. The van der Waals surface area contributed by atoms with Crippen LogP contribution in [0.3, 0.4) is 0 Å². The van der Waals surface area contributed by atoms with Gasteiger partial charge >= 0.3 is 0 Å². The van der Waals surface area contributed by atoms with Gasteiger partial charge in [0.25, 0.3) is 0 Å². The number of aromatic nitrogens is 1. The highest BCUT2D eigenvalue weighted by molar-refractivity contribution is 9.10. The second kappa shape index (κ2) is 5.84. The number of nitrogens with zero attached hydrogens (tertiary/aromatic N) is 1. The van der Waals surface area contributed by atoms with E-state index in [1.165, 1.54) is 0 Å². The lowest BCUT2D eigenvalue weighted by atomic mass is 10.0. The minimum absolute atomic E-state index is 0.139. The smallest absolute Gasteiger partial charge is 0.157 e. The van der Waals surface area contributed by atoms with Crippen LogP contribution in [0.5, 0.6) is 0 Å². The van der Waals surface area contributed by atoms with Gasteiger partial charge in [-0.3, -0.25) is 0 Å². The van der Waals surface area contributed by atoms with Crippen molar-refractivity contribution in [1.82, 2.24) is 4.98 Å². The van der Waals surface area contributed by atoms with Crippen molar-refractivity contribution in [3.8, 4) is 11.1 Å². The van der Waals surface area contributed by atoms with E-state index in [0.29, 0.717) is 5.82 Å². The van der Waals surface area contributed by atoms with Crippen LogP contribution in [-0.2, 0) is 16.8 Å². The summed E-state index contributed by atoms with van der Waals surface area (Å²) in [5, 5.41) is 2.92. The zero-order valence-corrected chi connectivity index (χ0v) is 14.0. The quantitative estimate of drug-likeness (QED) is 0.670. The Kier molecular flexibility index (Phi) is 4.08. The summed E-state index contributed by atoms with van der Waals surface area (Å²) in [6.45, 7) is 0. The third kappa shape index (κ3) is 2.87. The van der Waals surface area contributed by atoms with E-state index >= 15 is 0 Å². The Morgan fingerprint density at radius 3 is 2.71 bits per heavy atom. The molecule has 0 saturated heterocycles. The Morgan fingerprint density at radius 2 is 2.05 bits per heavy atom. The van der Waals surface area contributed by atoms with E-state index in [4.69, 9.17) is 10.3 Å². The maximum Gasteiger partial charge on any atom is 0.157 e. The molecular weight excluding hydrogens is 372 g/mol. The van der Waals surface area contributed by atoms with Crippen molar-refractivity contribution in [2.45, 2.75) is 5.75 Å². The van der Waals surface area contributed by atoms with Gasteiger partial charge in [-0.05, 0) is 27.1 Å². The van der Waals surface area contributed by atoms with Crippen LogP contribution >= 0.6 is 27.3 Å². The van der Waals surface area contributed by atoms with Crippen molar-refractivity contribution in [2.24, 2.45) is 0 Å². The molecule has 4 nitrogen and oxygen atoms in total. The van der Waals surface area contributed by atoms with Crippen molar-refractivity contribution in [1.29, 1.82) is 0 Å². The molecule has 1 aromatic carbocycles. The van der Waals surface area contributed by atoms with Crippen LogP contribution in [0.25, 0.3) is 21.2 Å². The van der Waals surface area contributed by atoms with Crippen molar-refractivity contribution in [3.05, 3.63) is 45.9 Å². The number of fused-ring (bicyclic) bond motifs is 1. The van der Waals surface area contributed by atoms with Crippen molar-refractivity contribution in [3.63, 3.8) is 0 Å². The summed E-state index contributed by atoms with van der Waals surface area (Å²) in [6.07, 6.45) is 1.76. The highest BCUT2D eigenvalue weighted by atomic mass is 79.9. The summed E-state index contributed by atoms with van der Waals surface area (Å²) >= 11 is 3.28. The van der Waals surface area contributed by atoms with E-state index in [2.05, 4.69) is 20.9 Å². The number of nitrogen functional groups attached to an aromatic ring is 1. The van der Waals surface area contributed by atoms with E-state index in [9.17, 15) is 4.21 Å². The number of hydrogen-bond acceptors (Lipinski definition) is 4. The maximum absolute atomic E-state index is 10.8. The summed E-state index contributed by atoms with van der Waals surface area (Å²) in [5.41, 5.74) is 8.77. The van der Waals surface area contributed by atoms with Crippen LogP contribution in [0, 0.1) is 0 Å². The minimum Gasteiger partial charge on any atom is -0.383 e. The number of anilines is 1. The fraction of sp³-hybridized carbons (Fsp3) is 0.0714. The first kappa shape index (κ1) is 14.6. The molecular formula is C14H11BrN2O2S2. The topological polar surface area (TPSA) is 76.2 Å². The molecule has 3 rings (SSSR count). The molecule has 0 fully saturated rings. The molecule has 108 valence electrons. The summed E-state index contributed by atoms with van der Waals surface area (Å²) < 4.78 is 21.8. The molecule has 0 aliphatic carbocycles. The third-order valence-electron chi connectivity index (χ3n) is 3.13. The Labute approximate surface area is 136 Å². The van der Waals surface area contributed by atoms with E-state index in [1.807, 2.05) is 29.6 Å². The number of halogens is 1. The van der Waals surface area contributed by atoms with E-state index in [0.717, 1.165) is 31.2 Å². The molecule has 3 aromatic rings. The van der Waals surface area contributed by atoms with Gasteiger partial charge in [0.1, 0.15) is 5.82 Å². The average Bonchev–Trinajstić information content (AvgIpc) is 2.83. The lowest BCUT2D eigenvalue weighted by molar-refractivity contribution is 0.563. The fourth-order valence-electron chi connectivity index (χ4n) is 2.16. The molecule has 0 spiro atoms. The molecule has 0 aliphatic heterocycles. The number of benzene rings is 1. The zero-order chi connectivity index (χ0) is 15.0. The maximum atomic E-state index is 10.8. The SMILES string of the molecule is Nc1ncc(-c2ccc(CS(=O)O)cc2)c2scc(Br)c12. The Bertz CT molecular complexity index is 831. The Hall–Kier alpha value is -1.28. The fourth-order valence-corrected chi connectivity index (χ4v) is 4.42. The summed E-state index contributed by atoms with van der Waals surface area (Å²) in [5.74, 6) is 0.648. The normalized spacial score (nSPS) is 12.7. The highest BCUT2D eigenvalue weighted by Gasteiger charge is 2.12. The second-order valence-corrected chi connectivity index (χ2v) is 7.17. The van der Waals surface area contributed by atoms with Gasteiger partial charge in [-0.15, -0.1) is 11.3 Å². The molecule has 7 heteroatoms. The Morgan fingerprint density at radius 1 is 1.33 bits per heavy atom. The zero-order valence-electron chi connectivity index (χ0n) is 10.7. The van der Waals surface area contributed by atoms with Crippen LogP contribution in [0.15, 0.2) is 40.3 Å². The van der Waals surface area contributed by atoms with Crippen LogP contribution in [0.4, 0.5) is 5.82 Å². The van der Waals surface area contributed by atoms with Crippen molar-refractivity contribution >= 4 is 54.3 Å². The molecule has 3 N–H and O–H groups in total. The van der Waals surface area contributed by atoms with Gasteiger partial charge in [0.2, 0.25) is 0 Å². The van der Waals surface area contributed by atoms with E-state index in [1.54, 1.807) is 17.5 Å². The first-order valence-corrected chi connectivity index (χ1v) is 8.99. The van der Waals surface area contributed by atoms with Crippen molar-refractivity contribution < 1.29 is 8.76 Å². The molecule has 0 radical (unpaired) electrons. The van der Waals surface area contributed by atoms with Crippen molar-refractivity contribution in [2.75, 3.05) is 5.73 Å². The number of pyridine rings is 1. The molecule has 21 heavy (non-hydrogen) atoms. The molecule has 2 heterocycles. The van der Waals surface area contributed by atoms with Gasteiger partial charge in [-0.25, -0.2) is 9.19 Å². The van der Waals surface area contributed by atoms with E-state index < -0.39 is 11.1 Å². The average molecular weight is 383 g/mol. The predicted molar refractivity (Wildman–Crippen MR) is 91.6 cm³/mol. The van der Waals surface area contributed by atoms with Gasteiger partial charge in [-0.2, -0.15) is 0 Å². The van der Waals surface area contributed by atoms with Gasteiger partial charge < -0.3 is 10.3 Å². The number of nitrogens with two attached hydrogens (primary N) is 1. The summed E-state index contributed by atoms with van der Waals surface area (Å²) in [4.78, 5) is 4.25. The summed E-state index contributed by atoms with van der Waals surface area (Å²) in [7, 11) is 0. The first-order valence-electron chi connectivity index (χ1n) is 6.04. The monoisotopic (exact) mass is 382 g/mol. The highest BCUT2D eigenvalue weighted by Crippen LogP contribution is 2.39. The van der Waals surface area contributed by atoms with Crippen LogP contribution in [0.1, 0.15) is 5.56 Å². The lowest BCUT2D eigenvalue weighted by Crippen LogP contribution is -1.93. The van der Waals surface area contributed by atoms with Gasteiger partial charge in [0, 0.05) is 31.7 Å². The second-order valence-electron chi connectivity index (χ2n) is 4.51. The summed E-state index contributed by atoms with van der Waals surface area (Å²) in [6, 6.07) is 7.58. The number of rotatable bonds is 3. The first-order chi connectivity index (χ1) is 10.1. The number of thiophene rings is 1. The van der Waals surface area contributed by atoms with Crippen LogP contribution in [0.2, 0.25) is 0 Å². The molecule has 1 unspecified atom stereocenters. The molecule has 2 aromatic heterocycles. The van der Waals surface area contributed by atoms with E-state index in [-0.39, 0.29) is 5.75 Å². The largest absolute Gasteiger partial charge is 0.383 e.